The Hall–Kier alpha value is -1.71. The SMILES string of the molecule is CCC1(C)C(=O)CC1c1ccccc1[N+](=O)[O-]. The predicted molar refractivity (Wildman–Crippen MR) is 63.9 cm³/mol. The molecule has 1 fully saturated rings. The minimum absolute atomic E-state index is 0.0124. The molecule has 0 bridgehead atoms. The van der Waals surface area contributed by atoms with Crippen LogP contribution in [0.4, 0.5) is 5.69 Å². The molecule has 2 atom stereocenters. The van der Waals surface area contributed by atoms with Crippen molar-refractivity contribution in [1.29, 1.82) is 0 Å². The summed E-state index contributed by atoms with van der Waals surface area (Å²) in [6, 6.07) is 6.73. The number of para-hydroxylation sites is 1. The van der Waals surface area contributed by atoms with Crippen molar-refractivity contribution in [3.05, 3.63) is 39.9 Å². The van der Waals surface area contributed by atoms with Gasteiger partial charge < -0.3 is 0 Å². The zero-order valence-corrected chi connectivity index (χ0v) is 9.97. The van der Waals surface area contributed by atoms with Crippen LogP contribution in [0.5, 0.6) is 0 Å². The van der Waals surface area contributed by atoms with Crippen molar-refractivity contribution in [2.24, 2.45) is 5.41 Å². The van der Waals surface area contributed by atoms with Gasteiger partial charge in [0.1, 0.15) is 5.78 Å². The monoisotopic (exact) mass is 233 g/mol. The quantitative estimate of drug-likeness (QED) is 0.595. The summed E-state index contributed by atoms with van der Waals surface area (Å²) in [4.78, 5) is 22.3. The van der Waals surface area contributed by atoms with E-state index in [9.17, 15) is 14.9 Å². The Morgan fingerprint density at radius 3 is 2.65 bits per heavy atom. The summed E-state index contributed by atoms with van der Waals surface area (Å²) in [5.74, 6) is 0.199. The van der Waals surface area contributed by atoms with E-state index >= 15 is 0 Å². The first-order valence-electron chi connectivity index (χ1n) is 5.77. The first-order valence-corrected chi connectivity index (χ1v) is 5.77. The van der Waals surface area contributed by atoms with Crippen LogP contribution in [0.3, 0.4) is 0 Å². The molecule has 1 aromatic carbocycles. The summed E-state index contributed by atoms with van der Waals surface area (Å²) >= 11 is 0. The van der Waals surface area contributed by atoms with Crippen LogP contribution in [0, 0.1) is 15.5 Å². The van der Waals surface area contributed by atoms with Gasteiger partial charge in [0.25, 0.3) is 5.69 Å². The summed E-state index contributed by atoms with van der Waals surface area (Å²) in [7, 11) is 0. The molecule has 0 spiro atoms. The third-order valence-electron chi connectivity index (χ3n) is 4.04. The van der Waals surface area contributed by atoms with Crippen LogP contribution >= 0.6 is 0 Å². The Morgan fingerprint density at radius 1 is 1.47 bits per heavy atom. The highest BCUT2D eigenvalue weighted by atomic mass is 16.6. The van der Waals surface area contributed by atoms with Crippen LogP contribution in [0.2, 0.25) is 0 Å². The molecule has 0 amide bonds. The van der Waals surface area contributed by atoms with E-state index in [1.165, 1.54) is 6.07 Å². The smallest absolute Gasteiger partial charge is 0.272 e. The fourth-order valence-corrected chi connectivity index (χ4v) is 2.55. The molecule has 2 unspecified atom stereocenters. The van der Waals surface area contributed by atoms with Gasteiger partial charge in [-0.05, 0) is 6.42 Å². The first-order chi connectivity index (χ1) is 8.00. The Labute approximate surface area is 99.8 Å². The van der Waals surface area contributed by atoms with Gasteiger partial charge in [-0.15, -0.1) is 0 Å². The Bertz CT molecular complexity index is 483. The fraction of sp³-hybridized carbons (Fsp3) is 0.462. The van der Waals surface area contributed by atoms with Crippen molar-refractivity contribution in [2.75, 3.05) is 0 Å². The number of Topliss-reactive ketones (excluding diaryl/α,β-unsaturated/α-hetero) is 1. The second-order valence-corrected chi connectivity index (χ2v) is 4.77. The maximum absolute atomic E-state index is 11.7. The highest BCUT2D eigenvalue weighted by Gasteiger charge is 2.51. The molecule has 4 nitrogen and oxygen atoms in total. The van der Waals surface area contributed by atoms with E-state index in [2.05, 4.69) is 0 Å². The Morgan fingerprint density at radius 2 is 2.12 bits per heavy atom. The molecular weight excluding hydrogens is 218 g/mol. The molecular formula is C13H15NO3. The molecule has 1 aliphatic carbocycles. The van der Waals surface area contributed by atoms with Crippen LogP contribution in [0.15, 0.2) is 24.3 Å². The highest BCUT2D eigenvalue weighted by Crippen LogP contribution is 2.53. The molecule has 4 heteroatoms. The molecule has 1 saturated carbocycles. The van der Waals surface area contributed by atoms with E-state index in [0.29, 0.717) is 12.0 Å². The van der Waals surface area contributed by atoms with Crippen molar-refractivity contribution in [3.63, 3.8) is 0 Å². The summed E-state index contributed by atoms with van der Waals surface area (Å²) in [6.45, 7) is 3.86. The second kappa shape index (κ2) is 3.95. The number of nitrogens with zero attached hydrogens (tertiary/aromatic N) is 1. The number of ketones is 1. The maximum atomic E-state index is 11.7. The zero-order chi connectivity index (χ0) is 12.6. The summed E-state index contributed by atoms with van der Waals surface area (Å²) in [5.41, 5.74) is 0.401. The van der Waals surface area contributed by atoms with E-state index in [1.54, 1.807) is 18.2 Å². The molecule has 0 aromatic heterocycles. The number of nitro groups is 1. The number of carbonyl (C=O) groups is 1. The lowest BCUT2D eigenvalue weighted by Crippen LogP contribution is -2.45. The number of carbonyl (C=O) groups excluding carboxylic acids is 1. The van der Waals surface area contributed by atoms with Gasteiger partial charge in [0.05, 0.1) is 4.92 Å². The number of nitro benzene ring substituents is 1. The van der Waals surface area contributed by atoms with Crippen molar-refractivity contribution in [2.45, 2.75) is 32.6 Å². The zero-order valence-electron chi connectivity index (χ0n) is 9.97. The van der Waals surface area contributed by atoms with E-state index < -0.39 is 5.41 Å². The molecule has 1 aromatic rings. The number of hydrogen-bond donors (Lipinski definition) is 0. The summed E-state index contributed by atoms with van der Waals surface area (Å²) in [6.07, 6.45) is 1.15. The summed E-state index contributed by atoms with van der Waals surface area (Å²) < 4.78 is 0. The third-order valence-corrected chi connectivity index (χ3v) is 4.04. The van der Waals surface area contributed by atoms with Gasteiger partial charge in [-0.2, -0.15) is 0 Å². The number of rotatable bonds is 3. The van der Waals surface area contributed by atoms with Gasteiger partial charge in [0.2, 0.25) is 0 Å². The van der Waals surface area contributed by atoms with Crippen LogP contribution in [0.1, 0.15) is 38.2 Å². The van der Waals surface area contributed by atoms with Crippen molar-refractivity contribution < 1.29 is 9.72 Å². The first kappa shape index (κ1) is 11.8. The predicted octanol–water partition coefficient (Wildman–Crippen LogP) is 3.07. The Kier molecular flexibility index (Phi) is 2.73. The Balaban J connectivity index is 2.43. The van der Waals surface area contributed by atoms with Gasteiger partial charge >= 0.3 is 0 Å². The van der Waals surface area contributed by atoms with Crippen LogP contribution in [-0.2, 0) is 4.79 Å². The lowest BCUT2D eigenvalue weighted by molar-refractivity contribution is -0.386. The minimum Gasteiger partial charge on any atom is -0.299 e. The fourth-order valence-electron chi connectivity index (χ4n) is 2.55. The number of hydrogen-bond acceptors (Lipinski definition) is 3. The highest BCUT2D eigenvalue weighted by molar-refractivity contribution is 5.93. The van der Waals surface area contributed by atoms with E-state index in [1.807, 2.05) is 13.8 Å². The van der Waals surface area contributed by atoms with Gasteiger partial charge in [-0.3, -0.25) is 14.9 Å². The van der Waals surface area contributed by atoms with Crippen molar-refractivity contribution in [1.82, 2.24) is 0 Å². The molecule has 2 rings (SSSR count). The molecule has 0 aliphatic heterocycles. The largest absolute Gasteiger partial charge is 0.299 e. The topological polar surface area (TPSA) is 60.2 Å². The third kappa shape index (κ3) is 1.64. The molecule has 1 aliphatic rings. The number of benzene rings is 1. The maximum Gasteiger partial charge on any atom is 0.272 e. The van der Waals surface area contributed by atoms with Crippen LogP contribution in [0.25, 0.3) is 0 Å². The van der Waals surface area contributed by atoms with E-state index in [-0.39, 0.29) is 22.3 Å². The van der Waals surface area contributed by atoms with Gasteiger partial charge in [0.15, 0.2) is 0 Å². The van der Waals surface area contributed by atoms with E-state index in [4.69, 9.17) is 0 Å². The average molecular weight is 233 g/mol. The summed E-state index contributed by atoms with van der Waals surface area (Å²) in [5, 5.41) is 11.0. The molecule has 0 heterocycles. The van der Waals surface area contributed by atoms with Crippen LogP contribution in [-0.4, -0.2) is 10.7 Å². The van der Waals surface area contributed by atoms with Gasteiger partial charge in [0, 0.05) is 29.4 Å². The lowest BCUT2D eigenvalue weighted by Gasteiger charge is -2.44. The molecule has 90 valence electrons. The minimum atomic E-state index is -0.424. The van der Waals surface area contributed by atoms with Gasteiger partial charge in [-0.1, -0.05) is 32.0 Å². The van der Waals surface area contributed by atoms with Gasteiger partial charge in [-0.25, -0.2) is 0 Å². The lowest BCUT2D eigenvalue weighted by atomic mass is 9.56. The average Bonchev–Trinajstić information content (AvgIpc) is 2.34. The second-order valence-electron chi connectivity index (χ2n) is 4.77. The molecule has 0 saturated heterocycles. The van der Waals surface area contributed by atoms with Crippen LogP contribution < -0.4 is 0 Å². The normalized spacial score (nSPS) is 27.6. The molecule has 0 radical (unpaired) electrons. The van der Waals surface area contributed by atoms with E-state index in [0.717, 1.165) is 6.42 Å². The molecule has 0 N–H and O–H groups in total. The van der Waals surface area contributed by atoms with Crippen molar-refractivity contribution in [3.8, 4) is 0 Å². The molecule has 17 heavy (non-hydrogen) atoms. The van der Waals surface area contributed by atoms with Crippen molar-refractivity contribution >= 4 is 11.5 Å². The standard InChI is InChI=1S/C13H15NO3/c1-3-13(2)10(8-12(13)15)9-6-4-5-7-11(9)14(16)17/h4-7,10H,3,8H2,1-2H3.